The van der Waals surface area contributed by atoms with Crippen LogP contribution in [0.1, 0.15) is 5.69 Å². The lowest BCUT2D eigenvalue weighted by atomic mass is 10.3. The standard InChI is InChI=1S/C12H15N3O4/c1-3-11(16)18-7-5-10-9-15(14-13-10)6-8-19-12(17)4-2/h3-4,9H,1-2,5-8H2. The maximum atomic E-state index is 10.8. The van der Waals surface area contributed by atoms with Gasteiger partial charge in [0.1, 0.15) is 6.61 Å². The number of carbonyl (C=O) groups excluding carboxylic acids is 2. The van der Waals surface area contributed by atoms with E-state index in [1.165, 1.54) is 0 Å². The lowest BCUT2D eigenvalue weighted by molar-refractivity contribution is -0.138. The van der Waals surface area contributed by atoms with Gasteiger partial charge in [0.05, 0.1) is 18.8 Å². The second-order valence-corrected chi connectivity index (χ2v) is 3.47. The molecule has 0 radical (unpaired) electrons. The summed E-state index contributed by atoms with van der Waals surface area (Å²) in [6.45, 7) is 7.39. The molecule has 102 valence electrons. The van der Waals surface area contributed by atoms with E-state index in [0.717, 1.165) is 12.2 Å². The van der Waals surface area contributed by atoms with Crippen LogP contribution in [0.25, 0.3) is 0 Å². The van der Waals surface area contributed by atoms with Gasteiger partial charge in [-0.05, 0) is 0 Å². The Morgan fingerprint density at radius 2 is 1.84 bits per heavy atom. The molecule has 1 heterocycles. The van der Waals surface area contributed by atoms with Crippen molar-refractivity contribution in [2.24, 2.45) is 0 Å². The van der Waals surface area contributed by atoms with Gasteiger partial charge in [-0.2, -0.15) is 0 Å². The number of nitrogens with zero attached hydrogens (tertiary/aromatic N) is 3. The Hall–Kier alpha value is -2.44. The van der Waals surface area contributed by atoms with E-state index in [2.05, 4.69) is 23.5 Å². The van der Waals surface area contributed by atoms with E-state index in [9.17, 15) is 9.59 Å². The van der Waals surface area contributed by atoms with Gasteiger partial charge in [-0.1, -0.05) is 18.4 Å². The molecule has 0 atom stereocenters. The predicted octanol–water partition coefficient (Wildman–Crippen LogP) is 0.279. The summed E-state index contributed by atoms with van der Waals surface area (Å²) in [5.74, 6) is -0.944. The Balaban J connectivity index is 2.28. The van der Waals surface area contributed by atoms with E-state index in [1.807, 2.05) is 0 Å². The fourth-order valence-corrected chi connectivity index (χ4v) is 1.18. The molecule has 7 heteroatoms. The molecule has 19 heavy (non-hydrogen) atoms. The van der Waals surface area contributed by atoms with Crippen molar-refractivity contribution in [3.63, 3.8) is 0 Å². The topological polar surface area (TPSA) is 83.3 Å². The smallest absolute Gasteiger partial charge is 0.330 e. The van der Waals surface area contributed by atoms with Gasteiger partial charge in [0.15, 0.2) is 0 Å². The molecule has 0 saturated heterocycles. The maximum Gasteiger partial charge on any atom is 0.330 e. The Labute approximate surface area is 110 Å². The zero-order valence-electron chi connectivity index (χ0n) is 10.4. The summed E-state index contributed by atoms with van der Waals surface area (Å²) in [4.78, 5) is 21.6. The Morgan fingerprint density at radius 1 is 1.21 bits per heavy atom. The molecule has 0 aliphatic heterocycles. The molecule has 0 unspecified atom stereocenters. The summed E-state index contributed by atoms with van der Waals surface area (Å²) in [6.07, 6.45) is 4.36. The molecule has 0 aliphatic rings. The van der Waals surface area contributed by atoms with Crippen molar-refractivity contribution in [2.45, 2.75) is 13.0 Å². The Kier molecular flexibility index (Phi) is 6.00. The average Bonchev–Trinajstić information content (AvgIpc) is 2.86. The van der Waals surface area contributed by atoms with E-state index >= 15 is 0 Å². The lowest BCUT2D eigenvalue weighted by Crippen LogP contribution is -2.09. The summed E-state index contributed by atoms with van der Waals surface area (Å²) >= 11 is 0. The number of esters is 2. The van der Waals surface area contributed by atoms with E-state index in [4.69, 9.17) is 9.47 Å². The molecule has 0 aromatic carbocycles. The summed E-state index contributed by atoms with van der Waals surface area (Å²) in [5, 5.41) is 7.74. The highest BCUT2D eigenvalue weighted by Gasteiger charge is 2.03. The van der Waals surface area contributed by atoms with Gasteiger partial charge in [0.25, 0.3) is 0 Å². The third-order valence-corrected chi connectivity index (χ3v) is 2.09. The zero-order chi connectivity index (χ0) is 14.1. The van der Waals surface area contributed by atoms with Gasteiger partial charge in [-0.25, -0.2) is 14.3 Å². The minimum absolute atomic E-state index is 0.194. The van der Waals surface area contributed by atoms with E-state index in [0.29, 0.717) is 18.7 Å². The molecular weight excluding hydrogens is 250 g/mol. The summed E-state index contributed by atoms with van der Waals surface area (Å²) in [6, 6.07) is 0. The molecule has 0 saturated carbocycles. The SMILES string of the molecule is C=CC(=O)OCCc1cn(CCOC(=O)C=C)nn1. The lowest BCUT2D eigenvalue weighted by Gasteiger charge is -2.01. The quantitative estimate of drug-likeness (QED) is 0.496. The molecule has 1 rings (SSSR count). The first-order valence-corrected chi connectivity index (χ1v) is 5.63. The number of aromatic nitrogens is 3. The number of ether oxygens (including phenoxy) is 2. The Bertz CT molecular complexity index is 427. The third-order valence-electron chi connectivity index (χ3n) is 2.09. The van der Waals surface area contributed by atoms with Crippen LogP contribution < -0.4 is 0 Å². The average molecular weight is 265 g/mol. The van der Waals surface area contributed by atoms with Crippen LogP contribution in [0.15, 0.2) is 31.5 Å². The van der Waals surface area contributed by atoms with Gasteiger partial charge in [-0.3, -0.25) is 0 Å². The monoisotopic (exact) mass is 265 g/mol. The first-order chi connectivity index (χ1) is 9.15. The first-order valence-electron chi connectivity index (χ1n) is 5.63. The second kappa shape index (κ2) is 7.80. The molecular formula is C12H15N3O4. The van der Waals surface area contributed by atoms with Gasteiger partial charge >= 0.3 is 11.9 Å². The van der Waals surface area contributed by atoms with Crippen molar-refractivity contribution in [2.75, 3.05) is 13.2 Å². The van der Waals surface area contributed by atoms with E-state index in [1.54, 1.807) is 10.9 Å². The zero-order valence-corrected chi connectivity index (χ0v) is 10.4. The first kappa shape index (κ1) is 14.6. The fourth-order valence-electron chi connectivity index (χ4n) is 1.18. The molecule has 0 aliphatic carbocycles. The third kappa shape index (κ3) is 5.62. The van der Waals surface area contributed by atoms with Crippen molar-refractivity contribution in [1.29, 1.82) is 0 Å². The van der Waals surface area contributed by atoms with Crippen molar-refractivity contribution in [3.8, 4) is 0 Å². The summed E-state index contributed by atoms with van der Waals surface area (Å²) in [7, 11) is 0. The van der Waals surface area contributed by atoms with Gasteiger partial charge in [-0.15, -0.1) is 5.10 Å². The maximum absolute atomic E-state index is 10.8. The van der Waals surface area contributed by atoms with Crippen LogP contribution in [0.5, 0.6) is 0 Å². The van der Waals surface area contributed by atoms with Crippen LogP contribution in [-0.2, 0) is 32.0 Å². The molecule has 0 amide bonds. The molecule has 0 fully saturated rings. The molecule has 0 bridgehead atoms. The highest BCUT2D eigenvalue weighted by molar-refractivity contribution is 5.81. The molecule has 1 aromatic rings. The molecule has 0 N–H and O–H groups in total. The van der Waals surface area contributed by atoms with Gasteiger partial charge in [0.2, 0.25) is 0 Å². The normalized spacial score (nSPS) is 9.68. The van der Waals surface area contributed by atoms with Crippen LogP contribution in [0.2, 0.25) is 0 Å². The number of hydrogen-bond acceptors (Lipinski definition) is 6. The number of carbonyl (C=O) groups is 2. The predicted molar refractivity (Wildman–Crippen MR) is 66.0 cm³/mol. The van der Waals surface area contributed by atoms with Crippen molar-refractivity contribution < 1.29 is 19.1 Å². The highest BCUT2D eigenvalue weighted by Crippen LogP contribution is 1.96. The van der Waals surface area contributed by atoms with Crippen LogP contribution in [-0.4, -0.2) is 40.1 Å². The van der Waals surface area contributed by atoms with Crippen molar-refractivity contribution in [1.82, 2.24) is 15.0 Å². The Morgan fingerprint density at radius 3 is 2.47 bits per heavy atom. The minimum Gasteiger partial charge on any atom is -0.462 e. The van der Waals surface area contributed by atoms with Gasteiger partial charge < -0.3 is 9.47 Å². The molecule has 0 spiro atoms. The number of hydrogen-bond donors (Lipinski definition) is 0. The fraction of sp³-hybridized carbons (Fsp3) is 0.333. The summed E-state index contributed by atoms with van der Waals surface area (Å²) in [5.41, 5.74) is 0.687. The van der Waals surface area contributed by atoms with Crippen molar-refractivity contribution in [3.05, 3.63) is 37.2 Å². The molecule has 1 aromatic heterocycles. The van der Waals surface area contributed by atoms with Crippen molar-refractivity contribution >= 4 is 11.9 Å². The van der Waals surface area contributed by atoms with E-state index < -0.39 is 11.9 Å². The largest absolute Gasteiger partial charge is 0.462 e. The summed E-state index contributed by atoms with van der Waals surface area (Å²) < 4.78 is 11.2. The minimum atomic E-state index is -0.475. The van der Waals surface area contributed by atoms with Crippen LogP contribution in [0, 0.1) is 0 Å². The number of rotatable bonds is 8. The van der Waals surface area contributed by atoms with Crippen LogP contribution >= 0.6 is 0 Å². The van der Waals surface area contributed by atoms with Crippen LogP contribution in [0.4, 0.5) is 0 Å². The van der Waals surface area contributed by atoms with Crippen LogP contribution in [0.3, 0.4) is 0 Å². The van der Waals surface area contributed by atoms with Gasteiger partial charge in [0, 0.05) is 24.8 Å². The van der Waals surface area contributed by atoms with E-state index in [-0.39, 0.29) is 13.2 Å². The highest BCUT2D eigenvalue weighted by atomic mass is 16.5. The second-order valence-electron chi connectivity index (χ2n) is 3.47. The molecule has 7 nitrogen and oxygen atoms in total.